The molecule has 17 heavy (non-hydrogen) atoms. The molecule has 0 bridgehead atoms. The summed E-state index contributed by atoms with van der Waals surface area (Å²) < 4.78 is 5.67. The second kappa shape index (κ2) is 6.55. The molecule has 100 valence electrons. The summed E-state index contributed by atoms with van der Waals surface area (Å²) in [6.07, 6.45) is -1.45. The predicted octanol–water partition coefficient (Wildman–Crippen LogP) is 1.53. The lowest BCUT2D eigenvalue weighted by molar-refractivity contribution is -0.490. The third kappa shape index (κ3) is 7.69. The van der Waals surface area contributed by atoms with E-state index in [9.17, 15) is 14.9 Å². The Labute approximate surface area is 101 Å². The maximum atomic E-state index is 10.6. The minimum absolute atomic E-state index is 0.386. The van der Waals surface area contributed by atoms with Gasteiger partial charge in [-0.3, -0.25) is 10.1 Å². The van der Waals surface area contributed by atoms with Crippen LogP contribution in [0.5, 0.6) is 0 Å². The molecular formula is C9H20N2O5Si. The smallest absolute Gasteiger partial charge is 0.404 e. The standard InChI is InChI=1S/C9H20N2O5Si/c1-5-7(10-9(12)13)8(6-11(14)15)16-17(2,3)4/h7-8,10H,5-6H2,1-4H3,(H,12,13). The van der Waals surface area contributed by atoms with E-state index in [0.29, 0.717) is 6.42 Å². The van der Waals surface area contributed by atoms with Crippen LogP contribution in [0, 0.1) is 10.1 Å². The van der Waals surface area contributed by atoms with Gasteiger partial charge in [-0.25, -0.2) is 4.79 Å². The molecule has 0 radical (unpaired) electrons. The number of amides is 1. The van der Waals surface area contributed by atoms with Gasteiger partial charge in [0.1, 0.15) is 6.10 Å². The van der Waals surface area contributed by atoms with Gasteiger partial charge in [-0.05, 0) is 26.1 Å². The highest BCUT2D eigenvalue weighted by atomic mass is 28.4. The molecule has 2 unspecified atom stereocenters. The van der Waals surface area contributed by atoms with Gasteiger partial charge in [0.05, 0.1) is 6.04 Å². The number of rotatable bonds is 7. The lowest BCUT2D eigenvalue weighted by Gasteiger charge is -2.29. The summed E-state index contributed by atoms with van der Waals surface area (Å²) in [5, 5.41) is 21.5. The average molecular weight is 264 g/mol. The Morgan fingerprint density at radius 2 is 2.06 bits per heavy atom. The average Bonchev–Trinajstić information content (AvgIpc) is 2.09. The number of hydrogen-bond donors (Lipinski definition) is 2. The van der Waals surface area contributed by atoms with E-state index in [-0.39, 0.29) is 6.54 Å². The molecular weight excluding hydrogens is 244 g/mol. The van der Waals surface area contributed by atoms with E-state index in [1.54, 1.807) is 6.92 Å². The molecule has 0 fully saturated rings. The number of nitro groups is 1. The number of nitrogens with zero attached hydrogens (tertiary/aromatic N) is 1. The van der Waals surface area contributed by atoms with Crippen molar-refractivity contribution in [3.8, 4) is 0 Å². The van der Waals surface area contributed by atoms with Gasteiger partial charge in [-0.1, -0.05) is 6.92 Å². The molecule has 0 spiro atoms. The van der Waals surface area contributed by atoms with Crippen molar-refractivity contribution in [3.63, 3.8) is 0 Å². The minimum Gasteiger partial charge on any atom is -0.465 e. The van der Waals surface area contributed by atoms with Gasteiger partial charge in [0, 0.05) is 4.92 Å². The number of hydrogen-bond acceptors (Lipinski definition) is 4. The van der Waals surface area contributed by atoms with Crippen LogP contribution < -0.4 is 5.32 Å². The zero-order chi connectivity index (χ0) is 13.6. The third-order valence-electron chi connectivity index (χ3n) is 2.03. The molecule has 0 saturated heterocycles. The molecule has 0 rings (SSSR count). The van der Waals surface area contributed by atoms with Gasteiger partial charge < -0.3 is 14.8 Å². The number of carbonyl (C=O) groups is 1. The van der Waals surface area contributed by atoms with Crippen molar-refractivity contribution >= 4 is 14.4 Å². The molecule has 0 aliphatic rings. The molecule has 2 N–H and O–H groups in total. The van der Waals surface area contributed by atoms with Crippen LogP contribution in [-0.2, 0) is 4.43 Å². The molecule has 0 heterocycles. The SMILES string of the molecule is CCC(NC(=O)O)C(C[N+](=O)[O-])O[Si](C)(C)C. The van der Waals surface area contributed by atoms with Crippen LogP contribution in [-0.4, -0.2) is 43.1 Å². The largest absolute Gasteiger partial charge is 0.465 e. The molecule has 0 aliphatic carbocycles. The highest BCUT2D eigenvalue weighted by Gasteiger charge is 2.31. The quantitative estimate of drug-likeness (QED) is 0.412. The zero-order valence-electron chi connectivity index (χ0n) is 10.6. The fourth-order valence-electron chi connectivity index (χ4n) is 1.46. The predicted molar refractivity (Wildman–Crippen MR) is 65.3 cm³/mol. The molecule has 8 heteroatoms. The van der Waals surface area contributed by atoms with Gasteiger partial charge in [0.25, 0.3) is 0 Å². The van der Waals surface area contributed by atoms with Crippen LogP contribution >= 0.6 is 0 Å². The Bertz CT molecular complexity index is 279. The normalized spacial score (nSPS) is 15.1. The van der Waals surface area contributed by atoms with Gasteiger partial charge >= 0.3 is 6.09 Å². The van der Waals surface area contributed by atoms with Crippen molar-refractivity contribution in [2.24, 2.45) is 0 Å². The summed E-state index contributed by atoms with van der Waals surface area (Å²) in [7, 11) is -1.95. The monoisotopic (exact) mass is 264 g/mol. The van der Waals surface area contributed by atoms with E-state index in [1.165, 1.54) is 0 Å². The van der Waals surface area contributed by atoms with Crippen molar-refractivity contribution in [1.29, 1.82) is 0 Å². The molecule has 0 aliphatic heterocycles. The van der Waals surface area contributed by atoms with Crippen molar-refractivity contribution in [1.82, 2.24) is 5.32 Å². The van der Waals surface area contributed by atoms with E-state index in [0.717, 1.165) is 0 Å². The van der Waals surface area contributed by atoms with E-state index >= 15 is 0 Å². The molecule has 0 aromatic carbocycles. The van der Waals surface area contributed by atoms with E-state index in [2.05, 4.69) is 5.32 Å². The maximum Gasteiger partial charge on any atom is 0.404 e. The lowest BCUT2D eigenvalue weighted by Crippen LogP contribution is -2.50. The van der Waals surface area contributed by atoms with E-state index < -0.39 is 31.5 Å². The van der Waals surface area contributed by atoms with Crippen molar-refractivity contribution in [2.75, 3.05) is 6.54 Å². The van der Waals surface area contributed by atoms with Gasteiger partial charge in [0.2, 0.25) is 6.54 Å². The minimum atomic E-state index is -1.95. The van der Waals surface area contributed by atoms with Gasteiger partial charge in [0.15, 0.2) is 8.32 Å². The summed E-state index contributed by atoms with van der Waals surface area (Å²) in [4.78, 5) is 20.7. The molecule has 2 atom stereocenters. The lowest BCUT2D eigenvalue weighted by atomic mass is 10.1. The number of carboxylic acid groups (broad SMARTS) is 1. The third-order valence-corrected chi connectivity index (χ3v) is 3.04. The Balaban J connectivity index is 4.73. The van der Waals surface area contributed by atoms with Gasteiger partial charge in [-0.2, -0.15) is 0 Å². The zero-order valence-corrected chi connectivity index (χ0v) is 11.6. The van der Waals surface area contributed by atoms with Crippen LogP contribution in [0.25, 0.3) is 0 Å². The fourth-order valence-corrected chi connectivity index (χ4v) is 2.61. The Morgan fingerprint density at radius 3 is 2.35 bits per heavy atom. The van der Waals surface area contributed by atoms with Crippen molar-refractivity contribution in [3.05, 3.63) is 10.1 Å². The molecule has 0 aromatic rings. The highest BCUT2D eigenvalue weighted by molar-refractivity contribution is 6.69. The summed E-state index contributed by atoms with van der Waals surface area (Å²) in [5.74, 6) is 0. The number of nitrogens with one attached hydrogen (secondary N) is 1. The summed E-state index contributed by atoms with van der Waals surface area (Å²) in [5.41, 5.74) is 0. The van der Waals surface area contributed by atoms with E-state index in [1.807, 2.05) is 19.6 Å². The van der Waals surface area contributed by atoms with Crippen molar-refractivity contribution in [2.45, 2.75) is 45.1 Å². The fraction of sp³-hybridized carbons (Fsp3) is 0.889. The Morgan fingerprint density at radius 1 is 1.53 bits per heavy atom. The Hall–Kier alpha value is -1.15. The van der Waals surface area contributed by atoms with Crippen LogP contribution in [0.4, 0.5) is 4.79 Å². The van der Waals surface area contributed by atoms with Crippen LogP contribution in [0.1, 0.15) is 13.3 Å². The molecule has 7 nitrogen and oxygen atoms in total. The summed E-state index contributed by atoms with van der Waals surface area (Å²) in [6.45, 7) is 7.11. The maximum absolute atomic E-state index is 10.6. The summed E-state index contributed by atoms with van der Waals surface area (Å²) >= 11 is 0. The second-order valence-corrected chi connectivity index (χ2v) is 9.21. The Kier molecular flexibility index (Phi) is 6.11. The highest BCUT2D eigenvalue weighted by Crippen LogP contribution is 2.13. The van der Waals surface area contributed by atoms with Crippen LogP contribution in [0.15, 0.2) is 0 Å². The first-order valence-corrected chi connectivity index (χ1v) is 8.85. The van der Waals surface area contributed by atoms with Gasteiger partial charge in [-0.15, -0.1) is 0 Å². The first kappa shape index (κ1) is 15.8. The molecule has 0 aromatic heterocycles. The molecule has 1 amide bonds. The first-order chi connectivity index (χ1) is 7.65. The molecule has 0 saturated carbocycles. The van der Waals surface area contributed by atoms with Crippen LogP contribution in [0.3, 0.4) is 0 Å². The van der Waals surface area contributed by atoms with E-state index in [4.69, 9.17) is 9.53 Å². The van der Waals surface area contributed by atoms with Crippen LogP contribution in [0.2, 0.25) is 19.6 Å². The second-order valence-electron chi connectivity index (χ2n) is 4.75. The topological polar surface area (TPSA) is 102 Å². The van der Waals surface area contributed by atoms with Crippen molar-refractivity contribution < 1.29 is 19.3 Å². The summed E-state index contributed by atoms with van der Waals surface area (Å²) in [6, 6.07) is -0.551. The first-order valence-electron chi connectivity index (χ1n) is 5.44.